The average Bonchev–Trinajstić information content (AvgIpc) is 3.00. The van der Waals surface area contributed by atoms with Gasteiger partial charge in [0.05, 0.1) is 0 Å². The molecule has 0 spiro atoms. The van der Waals surface area contributed by atoms with Crippen LogP contribution in [0.1, 0.15) is 24.1 Å². The Balaban J connectivity index is 1.66. The minimum atomic E-state index is 0.778. The van der Waals surface area contributed by atoms with Gasteiger partial charge in [-0.25, -0.2) is 9.97 Å². The van der Waals surface area contributed by atoms with Crippen LogP contribution in [0.4, 0.5) is 11.6 Å². The smallest absolute Gasteiger partial charge is 0.128 e. The highest BCUT2D eigenvalue weighted by atomic mass is 15.2. The van der Waals surface area contributed by atoms with Crippen molar-refractivity contribution >= 4 is 11.6 Å². The summed E-state index contributed by atoms with van der Waals surface area (Å²) in [6.07, 6.45) is 4.45. The lowest BCUT2D eigenvalue weighted by Gasteiger charge is -2.17. The number of aromatic nitrogens is 2. The maximum absolute atomic E-state index is 4.47. The van der Waals surface area contributed by atoms with Gasteiger partial charge in [0.15, 0.2) is 0 Å². The first-order chi connectivity index (χ1) is 9.81. The summed E-state index contributed by atoms with van der Waals surface area (Å²) in [5, 5.41) is 3.36. The van der Waals surface area contributed by atoms with Gasteiger partial charge in [-0.05, 0) is 49.6 Å². The van der Waals surface area contributed by atoms with Crippen LogP contribution in [0.3, 0.4) is 0 Å². The molecule has 1 aliphatic rings. The van der Waals surface area contributed by atoms with Crippen LogP contribution in [0, 0.1) is 6.92 Å². The summed E-state index contributed by atoms with van der Waals surface area (Å²) in [7, 11) is 0. The Morgan fingerprint density at radius 3 is 2.85 bits per heavy atom. The summed E-state index contributed by atoms with van der Waals surface area (Å²) < 4.78 is 0. The Morgan fingerprint density at radius 1 is 1.20 bits per heavy atom. The fourth-order valence-electron chi connectivity index (χ4n) is 2.52. The van der Waals surface area contributed by atoms with E-state index in [2.05, 4.69) is 32.3 Å². The van der Waals surface area contributed by atoms with Gasteiger partial charge in [-0.3, -0.25) is 0 Å². The minimum absolute atomic E-state index is 0.778. The van der Waals surface area contributed by atoms with Gasteiger partial charge < -0.3 is 10.2 Å². The Bertz CT molecular complexity index is 576. The third-order valence-corrected chi connectivity index (χ3v) is 3.60. The third-order valence-electron chi connectivity index (χ3n) is 3.60. The van der Waals surface area contributed by atoms with Crippen LogP contribution < -0.4 is 10.2 Å². The van der Waals surface area contributed by atoms with Crippen molar-refractivity contribution in [2.45, 2.75) is 26.3 Å². The minimum Gasteiger partial charge on any atom is -0.366 e. The number of nitrogens with zero attached hydrogens (tertiary/aromatic N) is 3. The summed E-state index contributed by atoms with van der Waals surface area (Å²) >= 11 is 0. The van der Waals surface area contributed by atoms with E-state index in [0.717, 1.165) is 37.0 Å². The molecule has 0 radical (unpaired) electrons. The molecule has 1 aliphatic heterocycles. The highest BCUT2D eigenvalue weighted by molar-refractivity contribution is 5.43. The molecule has 1 fully saturated rings. The first kappa shape index (κ1) is 12.9. The fraction of sp³-hybridized carbons (Fsp3) is 0.375. The van der Waals surface area contributed by atoms with E-state index in [-0.39, 0.29) is 0 Å². The van der Waals surface area contributed by atoms with Crippen LogP contribution >= 0.6 is 0 Å². The summed E-state index contributed by atoms with van der Waals surface area (Å²) in [5.41, 5.74) is 2.27. The first-order valence-corrected chi connectivity index (χ1v) is 7.19. The maximum atomic E-state index is 4.47. The predicted molar refractivity (Wildman–Crippen MR) is 82.0 cm³/mol. The van der Waals surface area contributed by atoms with E-state index in [1.807, 2.05) is 31.3 Å². The normalized spacial score (nSPS) is 14.6. The summed E-state index contributed by atoms with van der Waals surface area (Å²) in [4.78, 5) is 11.3. The highest BCUT2D eigenvalue weighted by Crippen LogP contribution is 2.19. The van der Waals surface area contributed by atoms with E-state index in [1.54, 1.807) is 0 Å². The third kappa shape index (κ3) is 3.07. The number of anilines is 2. The molecule has 0 unspecified atom stereocenters. The summed E-state index contributed by atoms with van der Waals surface area (Å²) in [6.45, 7) is 5.04. The molecule has 4 nitrogen and oxygen atoms in total. The van der Waals surface area contributed by atoms with Crippen molar-refractivity contribution in [1.82, 2.24) is 9.97 Å². The molecule has 4 heteroatoms. The Morgan fingerprint density at radius 2 is 2.05 bits per heavy atom. The molecule has 20 heavy (non-hydrogen) atoms. The molecule has 0 atom stereocenters. The second-order valence-corrected chi connectivity index (χ2v) is 5.23. The van der Waals surface area contributed by atoms with E-state index < -0.39 is 0 Å². The van der Waals surface area contributed by atoms with Crippen molar-refractivity contribution in [3.8, 4) is 0 Å². The molecule has 2 aromatic rings. The number of hydrogen-bond donors (Lipinski definition) is 1. The average molecular weight is 268 g/mol. The van der Waals surface area contributed by atoms with Gasteiger partial charge in [0.25, 0.3) is 0 Å². The van der Waals surface area contributed by atoms with Gasteiger partial charge in [-0.1, -0.05) is 6.07 Å². The van der Waals surface area contributed by atoms with Gasteiger partial charge in [-0.15, -0.1) is 0 Å². The van der Waals surface area contributed by atoms with Gasteiger partial charge in [0, 0.05) is 31.5 Å². The van der Waals surface area contributed by atoms with Crippen molar-refractivity contribution in [3.63, 3.8) is 0 Å². The van der Waals surface area contributed by atoms with Crippen molar-refractivity contribution in [2.24, 2.45) is 0 Å². The molecule has 0 aromatic carbocycles. The Kier molecular flexibility index (Phi) is 3.81. The highest BCUT2D eigenvalue weighted by Gasteiger charge is 2.13. The first-order valence-electron chi connectivity index (χ1n) is 7.19. The van der Waals surface area contributed by atoms with Crippen molar-refractivity contribution in [3.05, 3.63) is 47.8 Å². The molecule has 0 amide bonds. The second-order valence-electron chi connectivity index (χ2n) is 5.23. The molecule has 0 bridgehead atoms. The molecule has 3 rings (SSSR count). The number of hydrogen-bond acceptors (Lipinski definition) is 4. The van der Waals surface area contributed by atoms with E-state index in [4.69, 9.17) is 0 Å². The topological polar surface area (TPSA) is 41.1 Å². The SMILES string of the molecule is Cc1cccc(NCc2ccnc(N3CCCC3)c2)n1. The molecule has 3 heterocycles. The van der Waals surface area contributed by atoms with Crippen LogP contribution in [0.2, 0.25) is 0 Å². The maximum Gasteiger partial charge on any atom is 0.128 e. The zero-order chi connectivity index (χ0) is 13.8. The lowest BCUT2D eigenvalue weighted by molar-refractivity contribution is 0.931. The molecule has 1 N–H and O–H groups in total. The number of rotatable bonds is 4. The van der Waals surface area contributed by atoms with Gasteiger partial charge in [0.2, 0.25) is 0 Å². The van der Waals surface area contributed by atoms with Crippen LogP contribution in [-0.2, 0) is 6.54 Å². The van der Waals surface area contributed by atoms with E-state index in [1.165, 1.54) is 18.4 Å². The van der Waals surface area contributed by atoms with Crippen LogP contribution in [0.5, 0.6) is 0 Å². The monoisotopic (exact) mass is 268 g/mol. The molecule has 0 aliphatic carbocycles. The van der Waals surface area contributed by atoms with Crippen LogP contribution in [0.15, 0.2) is 36.5 Å². The fourth-order valence-corrected chi connectivity index (χ4v) is 2.52. The number of aryl methyl sites for hydroxylation is 1. The van der Waals surface area contributed by atoms with Crippen molar-refractivity contribution in [1.29, 1.82) is 0 Å². The second kappa shape index (κ2) is 5.90. The summed E-state index contributed by atoms with van der Waals surface area (Å²) in [5.74, 6) is 2.02. The largest absolute Gasteiger partial charge is 0.366 e. The predicted octanol–water partition coefficient (Wildman–Crippen LogP) is 3.00. The molecular weight excluding hydrogens is 248 g/mol. The Labute approximate surface area is 119 Å². The van der Waals surface area contributed by atoms with Crippen molar-refractivity contribution < 1.29 is 0 Å². The quantitative estimate of drug-likeness (QED) is 0.925. The number of nitrogens with one attached hydrogen (secondary N) is 1. The molecular formula is C16H20N4. The number of pyridine rings is 2. The van der Waals surface area contributed by atoms with E-state index in [9.17, 15) is 0 Å². The van der Waals surface area contributed by atoms with Crippen LogP contribution in [-0.4, -0.2) is 23.1 Å². The Hall–Kier alpha value is -2.10. The zero-order valence-corrected chi connectivity index (χ0v) is 11.8. The van der Waals surface area contributed by atoms with E-state index >= 15 is 0 Å². The molecule has 0 saturated carbocycles. The molecule has 1 saturated heterocycles. The standard InChI is InChI=1S/C16H20N4/c1-13-5-4-6-15(19-13)18-12-14-7-8-17-16(11-14)20-9-2-3-10-20/h4-8,11H,2-3,9-10,12H2,1H3,(H,18,19). The van der Waals surface area contributed by atoms with E-state index in [0.29, 0.717) is 0 Å². The lowest BCUT2D eigenvalue weighted by atomic mass is 10.2. The molecule has 2 aromatic heterocycles. The van der Waals surface area contributed by atoms with Gasteiger partial charge in [-0.2, -0.15) is 0 Å². The molecule has 104 valence electrons. The van der Waals surface area contributed by atoms with Gasteiger partial charge >= 0.3 is 0 Å². The zero-order valence-electron chi connectivity index (χ0n) is 11.8. The van der Waals surface area contributed by atoms with Gasteiger partial charge in [0.1, 0.15) is 11.6 Å². The lowest BCUT2D eigenvalue weighted by Crippen LogP contribution is -2.19. The van der Waals surface area contributed by atoms with Crippen molar-refractivity contribution in [2.75, 3.05) is 23.3 Å². The van der Waals surface area contributed by atoms with Crippen LogP contribution in [0.25, 0.3) is 0 Å². The summed E-state index contributed by atoms with van der Waals surface area (Å²) in [6, 6.07) is 10.3.